The van der Waals surface area contributed by atoms with Crippen LogP contribution in [-0.2, 0) is 11.2 Å². The third-order valence-corrected chi connectivity index (χ3v) is 5.18. The highest BCUT2D eigenvalue weighted by atomic mass is 32.1. The highest BCUT2D eigenvalue weighted by Gasteiger charge is 2.30. The van der Waals surface area contributed by atoms with Crippen LogP contribution in [0, 0.1) is 0 Å². The largest absolute Gasteiger partial charge is 0.379 e. The molecule has 1 atom stereocenters. The Labute approximate surface area is 119 Å². The fourth-order valence-corrected chi connectivity index (χ4v) is 3.65. The third-order valence-electron chi connectivity index (χ3n) is 3.85. The van der Waals surface area contributed by atoms with Crippen LogP contribution >= 0.6 is 11.3 Å². The normalized spacial score (nSPS) is 22.6. The molecule has 2 N–H and O–H groups in total. The van der Waals surface area contributed by atoms with Crippen LogP contribution in [0.4, 0.5) is 0 Å². The molecule has 0 amide bonds. The number of nitrogens with two attached hydrogens (primary N) is 1. The van der Waals surface area contributed by atoms with E-state index in [1.54, 1.807) is 0 Å². The summed E-state index contributed by atoms with van der Waals surface area (Å²) in [6.07, 6.45) is 3.65. The lowest BCUT2D eigenvalue weighted by atomic mass is 10.2. The number of hydrogen-bond donors (Lipinski definition) is 1. The fourth-order valence-electron chi connectivity index (χ4n) is 2.55. The molecule has 1 saturated heterocycles. The van der Waals surface area contributed by atoms with Gasteiger partial charge in [0.25, 0.3) is 0 Å². The summed E-state index contributed by atoms with van der Waals surface area (Å²) in [7, 11) is 0. The predicted octanol–water partition coefficient (Wildman–Crippen LogP) is 1.91. The Hall–Kier alpha value is -0.490. The van der Waals surface area contributed by atoms with Gasteiger partial charge >= 0.3 is 0 Å². The van der Waals surface area contributed by atoms with E-state index in [1.807, 2.05) is 11.3 Å². The molecule has 106 valence electrons. The van der Waals surface area contributed by atoms with Crippen molar-refractivity contribution in [2.75, 3.05) is 32.8 Å². The van der Waals surface area contributed by atoms with Gasteiger partial charge in [0.15, 0.2) is 0 Å². The Morgan fingerprint density at radius 3 is 2.79 bits per heavy atom. The second kappa shape index (κ2) is 5.87. The maximum Gasteiger partial charge on any atom is 0.0944 e. The van der Waals surface area contributed by atoms with Crippen molar-refractivity contribution in [3.05, 3.63) is 15.6 Å². The first-order valence-corrected chi connectivity index (χ1v) is 8.11. The molecule has 1 aromatic rings. The van der Waals surface area contributed by atoms with Crippen molar-refractivity contribution in [1.82, 2.24) is 9.88 Å². The molecule has 0 bridgehead atoms. The maximum absolute atomic E-state index is 6.08. The van der Waals surface area contributed by atoms with Crippen molar-refractivity contribution < 1.29 is 4.74 Å². The van der Waals surface area contributed by atoms with E-state index in [1.165, 1.54) is 28.4 Å². The van der Waals surface area contributed by atoms with Crippen molar-refractivity contribution in [1.29, 1.82) is 0 Å². The van der Waals surface area contributed by atoms with Gasteiger partial charge in [0, 0.05) is 42.9 Å². The molecule has 4 nitrogen and oxygen atoms in total. The van der Waals surface area contributed by atoms with Gasteiger partial charge in [-0.2, -0.15) is 0 Å². The second-order valence-electron chi connectivity index (χ2n) is 5.62. The smallest absolute Gasteiger partial charge is 0.0944 e. The van der Waals surface area contributed by atoms with Gasteiger partial charge in [-0.15, -0.1) is 11.3 Å². The van der Waals surface area contributed by atoms with Gasteiger partial charge in [-0.05, 0) is 19.8 Å². The van der Waals surface area contributed by atoms with Crippen molar-refractivity contribution >= 4 is 11.3 Å². The quantitative estimate of drug-likeness (QED) is 0.896. The Morgan fingerprint density at radius 2 is 2.16 bits per heavy atom. The molecule has 2 heterocycles. The number of nitrogens with zero attached hydrogens (tertiary/aromatic N) is 2. The molecule has 5 heteroatoms. The average Bonchev–Trinajstić information content (AvgIpc) is 3.17. The molecule has 1 aromatic heterocycles. The summed E-state index contributed by atoms with van der Waals surface area (Å²) in [6.45, 7) is 7.03. The summed E-state index contributed by atoms with van der Waals surface area (Å²) >= 11 is 1.83. The van der Waals surface area contributed by atoms with Crippen LogP contribution in [-0.4, -0.2) is 42.7 Å². The minimum atomic E-state index is 0.130. The van der Waals surface area contributed by atoms with E-state index in [0.29, 0.717) is 5.92 Å². The molecule has 1 unspecified atom stereocenters. The number of hydrogen-bond acceptors (Lipinski definition) is 5. The summed E-state index contributed by atoms with van der Waals surface area (Å²) in [6, 6.07) is 0.130. The molecule has 2 fully saturated rings. The zero-order valence-electron chi connectivity index (χ0n) is 11.6. The highest BCUT2D eigenvalue weighted by Crippen LogP contribution is 2.44. The van der Waals surface area contributed by atoms with E-state index >= 15 is 0 Å². The van der Waals surface area contributed by atoms with Gasteiger partial charge in [-0.3, -0.25) is 4.90 Å². The number of thiazole rings is 1. The summed E-state index contributed by atoms with van der Waals surface area (Å²) in [5, 5.41) is 1.26. The van der Waals surface area contributed by atoms with Crippen LogP contribution in [0.1, 0.15) is 47.3 Å². The molecule has 0 aromatic carbocycles. The van der Waals surface area contributed by atoms with Crippen molar-refractivity contribution in [3.8, 4) is 0 Å². The zero-order chi connectivity index (χ0) is 13.2. The van der Waals surface area contributed by atoms with Crippen LogP contribution in [0.15, 0.2) is 0 Å². The van der Waals surface area contributed by atoms with Gasteiger partial charge in [0.05, 0.1) is 23.9 Å². The molecule has 2 aliphatic rings. The molecule has 0 radical (unpaired) electrons. The van der Waals surface area contributed by atoms with Crippen LogP contribution < -0.4 is 5.73 Å². The summed E-state index contributed by atoms with van der Waals surface area (Å²) < 4.78 is 5.37. The van der Waals surface area contributed by atoms with E-state index in [4.69, 9.17) is 15.5 Å². The van der Waals surface area contributed by atoms with Crippen LogP contribution in [0.3, 0.4) is 0 Å². The lowest BCUT2D eigenvalue weighted by molar-refractivity contribution is 0.0384. The first-order valence-electron chi connectivity index (χ1n) is 7.29. The molecule has 19 heavy (non-hydrogen) atoms. The van der Waals surface area contributed by atoms with Crippen molar-refractivity contribution in [3.63, 3.8) is 0 Å². The SMILES string of the molecule is CC(N)c1sc(CCN2CCOCC2)nc1C1CC1. The molecule has 1 saturated carbocycles. The van der Waals surface area contributed by atoms with E-state index in [0.717, 1.165) is 39.3 Å². The number of rotatable bonds is 5. The Balaban J connectivity index is 1.62. The Morgan fingerprint density at radius 1 is 1.42 bits per heavy atom. The molecule has 1 aliphatic carbocycles. The minimum Gasteiger partial charge on any atom is -0.379 e. The molecular formula is C14H23N3OS. The number of aromatic nitrogens is 1. The first-order chi connectivity index (χ1) is 9.24. The van der Waals surface area contributed by atoms with Gasteiger partial charge in [-0.25, -0.2) is 4.98 Å². The Kier molecular flexibility index (Phi) is 4.17. The maximum atomic E-state index is 6.08. The number of morpholine rings is 1. The first kappa shape index (κ1) is 13.5. The molecular weight excluding hydrogens is 258 g/mol. The zero-order valence-corrected chi connectivity index (χ0v) is 12.4. The third kappa shape index (κ3) is 3.34. The van der Waals surface area contributed by atoms with E-state index < -0.39 is 0 Å². The minimum absolute atomic E-state index is 0.130. The second-order valence-corrected chi connectivity index (χ2v) is 6.74. The van der Waals surface area contributed by atoms with Gasteiger partial charge in [0.1, 0.15) is 0 Å². The van der Waals surface area contributed by atoms with Crippen LogP contribution in [0.2, 0.25) is 0 Å². The molecule has 3 rings (SSSR count). The highest BCUT2D eigenvalue weighted by molar-refractivity contribution is 7.11. The lowest BCUT2D eigenvalue weighted by Crippen LogP contribution is -2.37. The monoisotopic (exact) mass is 281 g/mol. The van der Waals surface area contributed by atoms with Gasteiger partial charge in [0.2, 0.25) is 0 Å². The summed E-state index contributed by atoms with van der Waals surface area (Å²) in [4.78, 5) is 8.64. The summed E-state index contributed by atoms with van der Waals surface area (Å²) in [5.74, 6) is 0.703. The van der Waals surface area contributed by atoms with Crippen LogP contribution in [0.5, 0.6) is 0 Å². The lowest BCUT2D eigenvalue weighted by Gasteiger charge is -2.26. The van der Waals surface area contributed by atoms with E-state index in [-0.39, 0.29) is 6.04 Å². The van der Waals surface area contributed by atoms with E-state index in [2.05, 4.69) is 11.8 Å². The van der Waals surface area contributed by atoms with Crippen molar-refractivity contribution in [2.45, 2.75) is 38.1 Å². The van der Waals surface area contributed by atoms with Crippen LogP contribution in [0.25, 0.3) is 0 Å². The van der Waals surface area contributed by atoms with Gasteiger partial charge < -0.3 is 10.5 Å². The predicted molar refractivity (Wildman–Crippen MR) is 77.7 cm³/mol. The van der Waals surface area contributed by atoms with Crippen molar-refractivity contribution in [2.24, 2.45) is 5.73 Å². The Bertz CT molecular complexity index is 403. The topological polar surface area (TPSA) is 51.4 Å². The fraction of sp³-hybridized carbons (Fsp3) is 0.786. The summed E-state index contributed by atoms with van der Waals surface area (Å²) in [5.41, 5.74) is 7.38. The molecule has 1 aliphatic heterocycles. The molecule has 0 spiro atoms. The van der Waals surface area contributed by atoms with Gasteiger partial charge in [-0.1, -0.05) is 0 Å². The average molecular weight is 281 g/mol. The van der Waals surface area contributed by atoms with E-state index in [9.17, 15) is 0 Å². The standard InChI is InChI=1S/C14H23N3OS/c1-10(15)14-13(11-2-3-11)16-12(19-14)4-5-17-6-8-18-9-7-17/h10-11H,2-9,15H2,1H3. The number of ether oxygens (including phenoxy) is 1.